The second-order valence-corrected chi connectivity index (χ2v) is 3.47. The van der Waals surface area contributed by atoms with Gasteiger partial charge in [-0.05, 0) is 0 Å². The van der Waals surface area contributed by atoms with Crippen molar-refractivity contribution in [1.82, 2.24) is 16.0 Å². The zero-order valence-electron chi connectivity index (χ0n) is 9.70. The molecule has 0 spiro atoms. The number of carboxylic acids is 1. The molecule has 0 aromatic rings. The largest absolute Gasteiger partial charge is 0.480 e. The van der Waals surface area contributed by atoms with Crippen LogP contribution in [0.3, 0.4) is 0 Å². The predicted octanol–water partition coefficient (Wildman–Crippen LogP) is -4.72. The van der Waals surface area contributed by atoms with E-state index in [0.717, 1.165) is 0 Å². The molecule has 10 N–H and O–H groups in total. The summed E-state index contributed by atoms with van der Waals surface area (Å²) in [5.41, 5.74) is 5.42. The number of hydrogen-bond donors (Lipinski definition) is 9. The molecule has 0 amide bonds. The first-order chi connectivity index (χ1) is 8.48. The summed E-state index contributed by atoms with van der Waals surface area (Å²) < 4.78 is 0. The van der Waals surface area contributed by atoms with Crippen molar-refractivity contribution >= 4 is 5.97 Å². The summed E-state index contributed by atoms with van der Waals surface area (Å²) in [5, 5.41) is 52.0. The highest BCUT2D eigenvalue weighted by Crippen LogP contribution is 2.15. The second-order valence-electron chi connectivity index (χ2n) is 3.47. The van der Waals surface area contributed by atoms with E-state index in [-0.39, 0.29) is 0 Å². The minimum Gasteiger partial charge on any atom is -0.480 e. The molecule has 0 aromatic carbocycles. The first kappa shape index (κ1) is 17.2. The van der Waals surface area contributed by atoms with Gasteiger partial charge in [-0.2, -0.15) is 0 Å². The maximum absolute atomic E-state index is 10.9. The van der Waals surface area contributed by atoms with E-state index in [2.05, 4.69) is 16.0 Å². The molecule has 0 aliphatic rings. The lowest BCUT2D eigenvalue weighted by atomic mass is 9.92. The molecule has 0 bridgehead atoms. The van der Waals surface area contributed by atoms with Crippen LogP contribution in [-0.2, 0) is 4.79 Å². The molecule has 0 saturated heterocycles. The Hall–Kier alpha value is -0.850. The summed E-state index contributed by atoms with van der Waals surface area (Å²) in [6.45, 7) is -2.49. The summed E-state index contributed by atoms with van der Waals surface area (Å²) in [6, 6.07) is -1.49. The zero-order chi connectivity index (χ0) is 14.2. The average molecular weight is 268 g/mol. The van der Waals surface area contributed by atoms with Crippen molar-refractivity contribution in [3.8, 4) is 0 Å². The lowest BCUT2D eigenvalue weighted by Crippen LogP contribution is -2.75. The van der Waals surface area contributed by atoms with E-state index >= 15 is 0 Å². The number of nitrogens with two attached hydrogens (primary N) is 1. The van der Waals surface area contributed by atoms with Gasteiger partial charge in [-0.1, -0.05) is 0 Å². The van der Waals surface area contributed by atoms with E-state index in [4.69, 9.17) is 26.2 Å². The fraction of sp³-hybridized carbons (Fsp3) is 0.875. The van der Waals surface area contributed by atoms with Crippen LogP contribution >= 0.6 is 0 Å². The Morgan fingerprint density at radius 2 is 1.44 bits per heavy atom. The molecule has 10 nitrogen and oxygen atoms in total. The molecule has 0 radical (unpaired) electrons. The van der Waals surface area contributed by atoms with Crippen LogP contribution in [0.15, 0.2) is 0 Å². The predicted molar refractivity (Wildman–Crippen MR) is 59.6 cm³/mol. The number of aliphatic hydroxyl groups is 4. The van der Waals surface area contributed by atoms with Crippen molar-refractivity contribution in [2.45, 2.75) is 11.8 Å². The first-order valence-electron chi connectivity index (χ1n) is 5.16. The van der Waals surface area contributed by atoms with Gasteiger partial charge >= 0.3 is 5.97 Å². The Kier molecular flexibility index (Phi) is 7.90. The van der Waals surface area contributed by atoms with Gasteiger partial charge in [0, 0.05) is 0 Å². The Morgan fingerprint density at radius 1 is 1.06 bits per heavy atom. The Bertz CT molecular complexity index is 237. The van der Waals surface area contributed by atoms with Crippen molar-refractivity contribution < 1.29 is 30.3 Å². The fourth-order valence-electron chi connectivity index (χ4n) is 1.65. The molecule has 0 rings (SSSR count). The van der Waals surface area contributed by atoms with Crippen LogP contribution in [0.2, 0.25) is 0 Å². The summed E-state index contributed by atoms with van der Waals surface area (Å²) in [5.74, 6) is -4.18. The molecular weight excluding hydrogens is 248 g/mol. The first-order valence-corrected chi connectivity index (χ1v) is 5.16. The molecule has 18 heavy (non-hydrogen) atoms. The number of nitrogens with one attached hydrogen (secondary N) is 3. The highest BCUT2D eigenvalue weighted by atomic mass is 16.4. The lowest BCUT2D eigenvalue weighted by Gasteiger charge is -2.42. The van der Waals surface area contributed by atoms with Crippen LogP contribution in [0.25, 0.3) is 0 Å². The van der Waals surface area contributed by atoms with E-state index in [1.165, 1.54) is 0 Å². The Labute approximate surface area is 103 Å². The van der Waals surface area contributed by atoms with E-state index < -0.39 is 50.5 Å². The minimum absolute atomic E-state index is 0.608. The van der Waals surface area contributed by atoms with Crippen LogP contribution < -0.4 is 21.7 Å². The van der Waals surface area contributed by atoms with Gasteiger partial charge < -0.3 is 31.3 Å². The monoisotopic (exact) mass is 268 g/mol. The van der Waals surface area contributed by atoms with Crippen LogP contribution in [0.1, 0.15) is 0 Å². The van der Waals surface area contributed by atoms with Gasteiger partial charge in [0.15, 0.2) is 0 Å². The fourth-order valence-corrected chi connectivity index (χ4v) is 1.65. The second kappa shape index (κ2) is 8.29. The van der Waals surface area contributed by atoms with Gasteiger partial charge in [0.05, 0.1) is 32.7 Å². The number of carboxylic acid groups (broad SMARTS) is 1. The topological polar surface area (TPSA) is 180 Å². The normalized spacial score (nSPS) is 15.4. The number of hydrogen-bond acceptors (Lipinski definition) is 9. The van der Waals surface area contributed by atoms with Crippen molar-refractivity contribution in [3.05, 3.63) is 0 Å². The SMILES string of the molecule is NC(C(=O)O)C(CO)C(NCO)(NCO)NCO. The lowest BCUT2D eigenvalue weighted by molar-refractivity contribution is -0.143. The van der Waals surface area contributed by atoms with Crippen molar-refractivity contribution in [3.63, 3.8) is 0 Å². The van der Waals surface area contributed by atoms with Crippen molar-refractivity contribution in [2.24, 2.45) is 11.7 Å². The molecule has 0 aliphatic carbocycles. The highest BCUT2D eigenvalue weighted by Gasteiger charge is 2.43. The Balaban J connectivity index is 5.24. The third kappa shape index (κ3) is 4.12. The maximum atomic E-state index is 10.9. The van der Waals surface area contributed by atoms with Gasteiger partial charge in [-0.15, -0.1) is 0 Å². The van der Waals surface area contributed by atoms with E-state index in [9.17, 15) is 9.90 Å². The minimum atomic E-state index is -1.63. The molecule has 2 atom stereocenters. The summed E-state index contributed by atoms with van der Waals surface area (Å²) in [7, 11) is 0. The van der Waals surface area contributed by atoms with E-state index in [1.54, 1.807) is 0 Å². The van der Waals surface area contributed by atoms with Gasteiger partial charge in [0.2, 0.25) is 0 Å². The molecule has 0 aliphatic heterocycles. The molecule has 0 saturated carbocycles. The Morgan fingerprint density at radius 3 is 1.67 bits per heavy atom. The molecule has 2 unspecified atom stereocenters. The van der Waals surface area contributed by atoms with Gasteiger partial charge in [0.25, 0.3) is 0 Å². The summed E-state index contributed by atoms with van der Waals surface area (Å²) in [6.07, 6.45) is 0. The summed E-state index contributed by atoms with van der Waals surface area (Å²) in [4.78, 5) is 10.9. The van der Waals surface area contributed by atoms with Crippen LogP contribution in [0.5, 0.6) is 0 Å². The van der Waals surface area contributed by atoms with Crippen molar-refractivity contribution in [1.29, 1.82) is 0 Å². The molecule has 10 heteroatoms. The van der Waals surface area contributed by atoms with Gasteiger partial charge in [0.1, 0.15) is 11.8 Å². The van der Waals surface area contributed by atoms with Crippen molar-refractivity contribution in [2.75, 3.05) is 26.8 Å². The number of aliphatic carboxylic acids is 1. The number of carbonyl (C=O) groups is 1. The van der Waals surface area contributed by atoms with E-state index in [0.29, 0.717) is 0 Å². The molecule has 0 fully saturated rings. The van der Waals surface area contributed by atoms with Gasteiger partial charge in [-0.3, -0.25) is 20.7 Å². The quantitative estimate of drug-likeness (QED) is 0.175. The van der Waals surface area contributed by atoms with E-state index in [1.807, 2.05) is 0 Å². The smallest absolute Gasteiger partial charge is 0.321 e. The molecule has 0 heterocycles. The standard InChI is InChI=1S/C8H20N4O6/c9-6(7(17)18)5(1-13)8(10-2-14,11-3-15)12-4-16/h5-6,10-16H,1-4,9H2,(H,17,18). The average Bonchev–Trinajstić information content (AvgIpc) is 2.30. The molecule has 108 valence electrons. The van der Waals surface area contributed by atoms with Crippen LogP contribution in [-0.4, -0.2) is 70.1 Å². The molecular formula is C8H20N4O6. The third-order valence-electron chi connectivity index (χ3n) is 2.55. The zero-order valence-corrected chi connectivity index (χ0v) is 9.70. The third-order valence-corrected chi connectivity index (χ3v) is 2.55. The summed E-state index contributed by atoms with van der Waals surface area (Å²) >= 11 is 0. The maximum Gasteiger partial charge on any atom is 0.321 e. The number of rotatable bonds is 10. The van der Waals surface area contributed by atoms with Crippen LogP contribution in [0, 0.1) is 5.92 Å². The molecule has 0 aromatic heterocycles. The van der Waals surface area contributed by atoms with Gasteiger partial charge in [-0.25, -0.2) is 0 Å². The highest BCUT2D eigenvalue weighted by molar-refractivity contribution is 5.73. The number of aliphatic hydroxyl groups excluding tert-OH is 4. The van der Waals surface area contributed by atoms with Crippen LogP contribution in [0.4, 0.5) is 0 Å².